The van der Waals surface area contributed by atoms with Crippen molar-refractivity contribution < 1.29 is 32.3 Å². The van der Waals surface area contributed by atoms with Crippen molar-refractivity contribution in [2.24, 2.45) is 0 Å². The minimum absolute atomic E-state index is 0.000899. The summed E-state index contributed by atoms with van der Waals surface area (Å²) in [5, 5.41) is 9.19. The topological polar surface area (TPSA) is 105 Å². The van der Waals surface area contributed by atoms with Crippen molar-refractivity contribution in [1.82, 2.24) is 5.48 Å². The van der Waals surface area contributed by atoms with E-state index in [9.17, 15) is 22.8 Å². The van der Waals surface area contributed by atoms with Crippen LogP contribution in [0.3, 0.4) is 0 Å². The van der Waals surface area contributed by atoms with Crippen LogP contribution in [-0.2, 0) is 30.7 Å². The maximum absolute atomic E-state index is 13.4. The number of hydroxylamine groups is 1. The van der Waals surface area contributed by atoms with Gasteiger partial charge in [0.1, 0.15) is 5.82 Å². The molecule has 4 rings (SSSR count). The number of benzene rings is 2. The maximum atomic E-state index is 13.4. The average molecular weight is 493 g/mol. The van der Waals surface area contributed by atoms with Crippen LogP contribution in [0, 0.1) is 5.82 Å². The summed E-state index contributed by atoms with van der Waals surface area (Å²) in [5.74, 6) is -1.21. The average Bonchev–Trinajstić information content (AvgIpc) is 2.88. The van der Waals surface area contributed by atoms with Gasteiger partial charge >= 0.3 is 0 Å². The second-order valence-corrected chi connectivity index (χ2v) is 11.0. The SMILES string of the molecule is O=C(NO)C1(S(=O)(=O)c2ccc(N3CCCC(OCc4ccc(F)cc4)C3)cc2)CCOCC1. The fraction of sp³-hybridized carbons (Fsp3) is 0.458. The summed E-state index contributed by atoms with van der Waals surface area (Å²) < 4.78 is 49.4. The molecule has 8 nitrogen and oxygen atoms in total. The molecule has 1 atom stereocenters. The molecule has 2 aliphatic rings. The lowest BCUT2D eigenvalue weighted by Crippen LogP contribution is -2.54. The number of carbonyl (C=O) groups excluding carboxylic acids is 1. The van der Waals surface area contributed by atoms with E-state index >= 15 is 0 Å². The molecule has 10 heteroatoms. The van der Waals surface area contributed by atoms with Gasteiger partial charge in [-0.2, -0.15) is 0 Å². The van der Waals surface area contributed by atoms with Crippen LogP contribution in [0.4, 0.5) is 10.1 Å². The van der Waals surface area contributed by atoms with Crippen molar-refractivity contribution >= 4 is 21.4 Å². The van der Waals surface area contributed by atoms with Gasteiger partial charge in [-0.15, -0.1) is 0 Å². The molecule has 0 bridgehead atoms. The van der Waals surface area contributed by atoms with Crippen molar-refractivity contribution in [2.75, 3.05) is 31.2 Å². The molecular formula is C24H29FN2O6S. The predicted molar refractivity (Wildman–Crippen MR) is 123 cm³/mol. The minimum atomic E-state index is -4.06. The molecule has 0 spiro atoms. The maximum Gasteiger partial charge on any atom is 0.265 e. The second-order valence-electron chi connectivity index (χ2n) is 8.69. The smallest absolute Gasteiger partial charge is 0.265 e. The van der Waals surface area contributed by atoms with Crippen molar-refractivity contribution in [3.8, 4) is 0 Å². The zero-order valence-electron chi connectivity index (χ0n) is 18.8. The monoisotopic (exact) mass is 492 g/mol. The van der Waals surface area contributed by atoms with E-state index in [1.165, 1.54) is 29.7 Å². The van der Waals surface area contributed by atoms with E-state index in [1.54, 1.807) is 24.3 Å². The van der Waals surface area contributed by atoms with Crippen molar-refractivity contribution in [3.63, 3.8) is 0 Å². The molecular weight excluding hydrogens is 463 g/mol. The number of ether oxygens (including phenoxy) is 2. The Morgan fingerprint density at radius 2 is 1.82 bits per heavy atom. The Bertz CT molecular complexity index is 1090. The number of nitrogens with zero attached hydrogens (tertiary/aromatic N) is 1. The summed E-state index contributed by atoms with van der Waals surface area (Å²) in [4.78, 5) is 14.6. The molecule has 0 radical (unpaired) electrons. The minimum Gasteiger partial charge on any atom is -0.381 e. The normalized spacial score (nSPS) is 20.6. The summed E-state index contributed by atoms with van der Waals surface area (Å²) in [6.07, 6.45) is 1.78. The first-order valence-corrected chi connectivity index (χ1v) is 12.8. The van der Waals surface area contributed by atoms with Gasteiger partial charge in [0.25, 0.3) is 5.91 Å². The van der Waals surface area contributed by atoms with E-state index in [2.05, 4.69) is 4.90 Å². The Balaban J connectivity index is 1.45. The van der Waals surface area contributed by atoms with Gasteiger partial charge in [-0.25, -0.2) is 18.3 Å². The summed E-state index contributed by atoms with van der Waals surface area (Å²) in [5.41, 5.74) is 3.30. The van der Waals surface area contributed by atoms with E-state index < -0.39 is 20.5 Å². The molecule has 2 aliphatic heterocycles. The Morgan fingerprint density at radius 1 is 1.15 bits per heavy atom. The number of hydrogen-bond donors (Lipinski definition) is 2. The van der Waals surface area contributed by atoms with Crippen molar-refractivity contribution in [1.29, 1.82) is 0 Å². The number of halogens is 1. The highest BCUT2D eigenvalue weighted by molar-refractivity contribution is 7.93. The lowest BCUT2D eigenvalue weighted by Gasteiger charge is -2.35. The highest BCUT2D eigenvalue weighted by atomic mass is 32.2. The summed E-state index contributed by atoms with van der Waals surface area (Å²) in [6.45, 7) is 2.11. The van der Waals surface area contributed by atoms with E-state index in [0.717, 1.165) is 30.6 Å². The summed E-state index contributed by atoms with van der Waals surface area (Å²) in [7, 11) is -4.06. The molecule has 184 valence electrons. The van der Waals surface area contributed by atoms with Crippen LogP contribution in [-0.4, -0.2) is 56.7 Å². The molecule has 1 unspecified atom stereocenters. The van der Waals surface area contributed by atoms with Gasteiger partial charge in [0, 0.05) is 32.0 Å². The Kier molecular flexibility index (Phi) is 7.51. The molecule has 2 saturated heterocycles. The van der Waals surface area contributed by atoms with Gasteiger partial charge in [-0.05, 0) is 67.6 Å². The zero-order valence-corrected chi connectivity index (χ0v) is 19.6. The Hall–Kier alpha value is -2.53. The van der Waals surface area contributed by atoms with Gasteiger partial charge < -0.3 is 14.4 Å². The first-order valence-electron chi connectivity index (χ1n) is 11.3. The molecule has 2 N–H and O–H groups in total. The molecule has 0 saturated carbocycles. The molecule has 2 aromatic carbocycles. The van der Waals surface area contributed by atoms with Crippen LogP contribution < -0.4 is 10.4 Å². The lowest BCUT2D eigenvalue weighted by atomic mass is 9.98. The number of hydrogen-bond acceptors (Lipinski definition) is 7. The van der Waals surface area contributed by atoms with Crippen LogP contribution in [0.1, 0.15) is 31.2 Å². The highest BCUT2D eigenvalue weighted by Gasteiger charge is 2.52. The zero-order chi connectivity index (χ0) is 24.2. The second kappa shape index (κ2) is 10.4. The number of rotatable bonds is 7. The third-order valence-electron chi connectivity index (χ3n) is 6.62. The lowest BCUT2D eigenvalue weighted by molar-refractivity contribution is -0.134. The van der Waals surface area contributed by atoms with Crippen molar-refractivity contribution in [3.05, 3.63) is 59.9 Å². The quantitative estimate of drug-likeness (QED) is 0.452. The summed E-state index contributed by atoms with van der Waals surface area (Å²) in [6, 6.07) is 12.7. The van der Waals surface area contributed by atoms with E-state index in [4.69, 9.17) is 9.47 Å². The van der Waals surface area contributed by atoms with Crippen LogP contribution >= 0.6 is 0 Å². The van der Waals surface area contributed by atoms with Gasteiger partial charge in [0.2, 0.25) is 0 Å². The number of anilines is 1. The van der Waals surface area contributed by atoms with E-state index in [-0.39, 0.29) is 42.9 Å². The third-order valence-corrected chi connectivity index (χ3v) is 9.13. The molecule has 0 aliphatic carbocycles. The standard InChI is InChI=1S/C24H29FN2O6S/c25-19-5-3-18(4-6-19)17-33-21-2-1-13-27(16-21)20-7-9-22(10-8-20)34(30,31)24(23(28)26-29)11-14-32-15-12-24/h3-10,21,29H,1-2,11-17H2,(H,26,28). The van der Waals surface area contributed by atoms with Crippen LogP contribution in [0.25, 0.3) is 0 Å². The Labute approximate surface area is 198 Å². The summed E-state index contributed by atoms with van der Waals surface area (Å²) >= 11 is 0. The third kappa shape index (κ3) is 4.95. The number of carbonyl (C=O) groups is 1. The molecule has 2 heterocycles. The van der Waals surface area contributed by atoms with E-state index in [1.807, 2.05) is 0 Å². The number of sulfone groups is 1. The number of nitrogens with one attached hydrogen (secondary N) is 1. The highest BCUT2D eigenvalue weighted by Crippen LogP contribution is 2.36. The van der Waals surface area contributed by atoms with Crippen molar-refractivity contribution in [2.45, 2.75) is 48.0 Å². The van der Waals surface area contributed by atoms with Crippen LogP contribution in [0.5, 0.6) is 0 Å². The predicted octanol–water partition coefficient (Wildman–Crippen LogP) is 2.84. The fourth-order valence-corrected chi connectivity index (χ4v) is 6.53. The van der Waals surface area contributed by atoms with Gasteiger partial charge in [0.15, 0.2) is 14.6 Å². The molecule has 2 aromatic rings. The molecule has 0 aromatic heterocycles. The Morgan fingerprint density at radius 3 is 2.47 bits per heavy atom. The number of amides is 1. The molecule has 1 amide bonds. The van der Waals surface area contributed by atoms with Gasteiger partial charge in [-0.3, -0.25) is 10.0 Å². The molecule has 34 heavy (non-hydrogen) atoms. The number of piperidine rings is 1. The first-order chi connectivity index (χ1) is 16.4. The van der Waals surface area contributed by atoms with Crippen LogP contribution in [0.15, 0.2) is 53.4 Å². The van der Waals surface area contributed by atoms with E-state index in [0.29, 0.717) is 13.2 Å². The van der Waals surface area contributed by atoms with Crippen LogP contribution in [0.2, 0.25) is 0 Å². The van der Waals surface area contributed by atoms with Gasteiger partial charge in [-0.1, -0.05) is 12.1 Å². The largest absolute Gasteiger partial charge is 0.381 e. The first kappa shape index (κ1) is 24.6. The van der Waals surface area contributed by atoms with Gasteiger partial charge in [0.05, 0.1) is 17.6 Å². The molecule has 2 fully saturated rings. The fourth-order valence-electron chi connectivity index (χ4n) is 4.59.